The summed E-state index contributed by atoms with van der Waals surface area (Å²) in [4.78, 5) is 0. The Labute approximate surface area is 40.3 Å². The predicted octanol–water partition coefficient (Wildman–Crippen LogP) is -0.488. The molecule has 2 heteroatoms. The van der Waals surface area contributed by atoms with Crippen molar-refractivity contribution in [2.45, 2.75) is 0 Å². The van der Waals surface area contributed by atoms with Gasteiger partial charge in [0.1, 0.15) is 0 Å². The van der Waals surface area contributed by atoms with Crippen molar-refractivity contribution in [1.29, 1.82) is 0 Å². The van der Waals surface area contributed by atoms with Gasteiger partial charge in [-0.1, -0.05) is 0 Å². The lowest BCUT2D eigenvalue weighted by Gasteiger charge is -1.48. The summed E-state index contributed by atoms with van der Waals surface area (Å²) in [6.45, 7) is 3.45. The van der Waals surface area contributed by atoms with Gasteiger partial charge in [-0.25, -0.2) is 0 Å². The molecule has 4 heavy (non-hydrogen) atoms. The van der Waals surface area contributed by atoms with Crippen molar-refractivity contribution in [2.24, 2.45) is 0 Å². The molecule has 0 spiro atoms. The first-order valence-electron chi connectivity index (χ1n) is 0.908. The van der Waals surface area contributed by atoms with Crippen LogP contribution in [0.4, 0.5) is 0 Å². The topological polar surface area (TPSA) is 0 Å². The van der Waals surface area contributed by atoms with Crippen LogP contribution in [0.1, 0.15) is 0 Å². The second-order valence-electron chi connectivity index (χ2n) is 0.289. The lowest BCUT2D eigenvalue weighted by molar-refractivity contribution is 1.84. The van der Waals surface area contributed by atoms with Crippen LogP contribution < -0.4 is 0 Å². The third-order valence-electron chi connectivity index (χ3n) is 0. The summed E-state index contributed by atoms with van der Waals surface area (Å²) in [6, 6.07) is 0. The smallest absolute Gasteiger partial charge is 0.138 e. The molecule has 1 radical (unpaired) electrons. The maximum absolute atomic E-state index is 3.45. The SMILES string of the molecule is [AlH3].[CH2]CP. The predicted molar refractivity (Wildman–Crippen MR) is 29.9 cm³/mol. The summed E-state index contributed by atoms with van der Waals surface area (Å²) >= 11 is 0. The van der Waals surface area contributed by atoms with Crippen LogP contribution in [0.2, 0.25) is 0 Å². The molecule has 0 nitrogen and oxygen atoms in total. The van der Waals surface area contributed by atoms with E-state index >= 15 is 0 Å². The van der Waals surface area contributed by atoms with Gasteiger partial charge in [0.25, 0.3) is 0 Å². The van der Waals surface area contributed by atoms with Gasteiger partial charge in [-0.15, -0.1) is 9.24 Å². The van der Waals surface area contributed by atoms with E-state index in [1.807, 2.05) is 0 Å². The summed E-state index contributed by atoms with van der Waals surface area (Å²) < 4.78 is 0. The quantitative estimate of drug-likeness (QED) is 0.279. The molecule has 0 aliphatic heterocycles. The van der Waals surface area contributed by atoms with E-state index in [1.165, 1.54) is 0 Å². The average Bonchev–Trinajstić information content (AvgIpc) is 0.918. The number of rotatable bonds is 0. The zero-order valence-corrected chi connectivity index (χ0v) is 3.15. The molecule has 0 aliphatic carbocycles. The lowest BCUT2D eigenvalue weighted by Crippen LogP contribution is -1.35. The fourth-order valence-corrected chi connectivity index (χ4v) is 0. The fraction of sp³-hybridized carbons (Fsp3) is 0.500. The van der Waals surface area contributed by atoms with Gasteiger partial charge in [-0.2, -0.15) is 0 Å². The standard InChI is InChI=1S/C2H6P.Al.3H/c1-2-3;;;;/h1-3H2;;;;. The van der Waals surface area contributed by atoms with Crippen LogP contribution in [-0.2, 0) is 0 Å². The summed E-state index contributed by atoms with van der Waals surface area (Å²) in [7, 11) is 2.47. The molecule has 0 bridgehead atoms. The van der Waals surface area contributed by atoms with Crippen LogP contribution in [0.3, 0.4) is 0 Å². The van der Waals surface area contributed by atoms with Crippen molar-refractivity contribution < 1.29 is 0 Å². The molecule has 0 rings (SSSR count). The Bertz CT molecular complexity index is 6.00. The molecule has 0 amide bonds. The van der Waals surface area contributed by atoms with Gasteiger partial charge < -0.3 is 0 Å². The van der Waals surface area contributed by atoms with Crippen molar-refractivity contribution in [3.63, 3.8) is 0 Å². The van der Waals surface area contributed by atoms with Crippen LogP contribution in [0.5, 0.6) is 0 Å². The number of hydrogen-bond donors (Lipinski definition) is 0. The minimum atomic E-state index is 0. The van der Waals surface area contributed by atoms with E-state index in [4.69, 9.17) is 0 Å². The highest BCUT2D eigenvalue weighted by molar-refractivity contribution is 7.16. The van der Waals surface area contributed by atoms with Gasteiger partial charge in [0.15, 0.2) is 17.4 Å². The highest BCUT2D eigenvalue weighted by Gasteiger charge is 1.35. The van der Waals surface area contributed by atoms with E-state index in [9.17, 15) is 0 Å². The minimum Gasteiger partial charge on any atom is -0.138 e. The van der Waals surface area contributed by atoms with Gasteiger partial charge >= 0.3 is 0 Å². The molecule has 1 atom stereocenters. The molecule has 0 saturated heterocycles. The largest absolute Gasteiger partial charge is 0.187 e. The summed E-state index contributed by atoms with van der Waals surface area (Å²) in [5.41, 5.74) is 0. The molecule has 0 heterocycles. The van der Waals surface area contributed by atoms with Crippen LogP contribution in [0.25, 0.3) is 0 Å². The van der Waals surface area contributed by atoms with Crippen LogP contribution >= 0.6 is 9.24 Å². The Kier molecular flexibility index (Phi) is 20.0. The molecule has 0 aromatic heterocycles. The first-order chi connectivity index (χ1) is 1.41. The lowest BCUT2D eigenvalue weighted by atomic mass is 11.0. The minimum absolute atomic E-state index is 0. The van der Waals surface area contributed by atoms with E-state index in [-0.39, 0.29) is 17.4 Å². The highest BCUT2D eigenvalue weighted by atomic mass is 31.0. The van der Waals surface area contributed by atoms with E-state index in [0.717, 1.165) is 6.16 Å². The maximum Gasteiger partial charge on any atom is 0.187 e. The maximum atomic E-state index is 3.45. The van der Waals surface area contributed by atoms with Gasteiger partial charge in [0.05, 0.1) is 0 Å². The van der Waals surface area contributed by atoms with E-state index in [0.29, 0.717) is 0 Å². The van der Waals surface area contributed by atoms with Crippen LogP contribution in [-0.4, -0.2) is 23.5 Å². The molecule has 0 saturated carbocycles. The Balaban J connectivity index is 0. The second kappa shape index (κ2) is 9.03. The van der Waals surface area contributed by atoms with Gasteiger partial charge in [-0.3, -0.25) is 0 Å². The molecule has 0 N–H and O–H groups in total. The number of hydrogen-bond acceptors (Lipinski definition) is 0. The first kappa shape index (κ1) is 8.88. The fourth-order valence-electron chi connectivity index (χ4n) is 0. The Morgan fingerprint density at radius 3 is 1.75 bits per heavy atom. The van der Waals surface area contributed by atoms with Gasteiger partial charge in [-0.05, 0) is 13.1 Å². The van der Waals surface area contributed by atoms with Crippen molar-refractivity contribution in [3.05, 3.63) is 6.92 Å². The van der Waals surface area contributed by atoms with Gasteiger partial charge in [0.2, 0.25) is 0 Å². The molecule has 0 aromatic carbocycles. The molecule has 0 fully saturated rings. The normalized spacial score (nSPS) is 4.50. The van der Waals surface area contributed by atoms with Gasteiger partial charge in [0, 0.05) is 0 Å². The van der Waals surface area contributed by atoms with Crippen LogP contribution in [0.15, 0.2) is 0 Å². The molecule has 25 valence electrons. The zero-order chi connectivity index (χ0) is 2.71. The van der Waals surface area contributed by atoms with E-state index in [2.05, 4.69) is 16.2 Å². The monoisotopic (exact) mass is 91.0 g/mol. The van der Waals surface area contributed by atoms with Crippen molar-refractivity contribution in [1.82, 2.24) is 0 Å². The molecular formula is C2H9AlP. The third-order valence-corrected chi connectivity index (χ3v) is 0. The van der Waals surface area contributed by atoms with E-state index < -0.39 is 0 Å². The summed E-state index contributed by atoms with van der Waals surface area (Å²) in [5.74, 6) is 0. The van der Waals surface area contributed by atoms with Crippen molar-refractivity contribution >= 4 is 26.6 Å². The van der Waals surface area contributed by atoms with E-state index in [1.54, 1.807) is 0 Å². The van der Waals surface area contributed by atoms with Crippen molar-refractivity contribution in [3.8, 4) is 0 Å². The second-order valence-corrected chi connectivity index (χ2v) is 0.866. The first-order valence-corrected chi connectivity index (χ1v) is 1.72. The third kappa shape index (κ3) is 12.3. The summed E-state index contributed by atoms with van der Waals surface area (Å²) in [6.07, 6.45) is 0.917. The highest BCUT2D eigenvalue weighted by Crippen LogP contribution is 1.67. The Morgan fingerprint density at radius 2 is 1.75 bits per heavy atom. The van der Waals surface area contributed by atoms with Crippen LogP contribution in [0, 0.1) is 6.92 Å². The Hall–Kier alpha value is 0.962. The average molecular weight is 91.0 g/mol. The molecular weight excluding hydrogens is 82.0 g/mol. The van der Waals surface area contributed by atoms with Crippen molar-refractivity contribution in [2.75, 3.05) is 6.16 Å². The summed E-state index contributed by atoms with van der Waals surface area (Å²) in [5, 5.41) is 0. The zero-order valence-electron chi connectivity index (χ0n) is 1.99. The molecule has 0 aliphatic rings. The molecule has 1 unspecified atom stereocenters. The molecule has 0 aromatic rings. The Morgan fingerprint density at radius 1 is 1.75 bits per heavy atom.